The van der Waals surface area contributed by atoms with Gasteiger partial charge in [-0.25, -0.2) is 4.79 Å². The van der Waals surface area contributed by atoms with Crippen LogP contribution < -0.4 is 5.32 Å². The lowest BCUT2D eigenvalue weighted by molar-refractivity contribution is -0.0263. The zero-order valence-electron chi connectivity index (χ0n) is 14.4. The minimum Gasteiger partial charge on any atom is -0.464 e. The van der Waals surface area contributed by atoms with Gasteiger partial charge in [0.25, 0.3) is 0 Å². The Morgan fingerprint density at radius 1 is 1.42 bits per heavy atom. The molecule has 2 aromatic heterocycles. The number of carbonyl (C=O) groups excluding carboxylic acids is 1. The number of hydrogen-bond donors (Lipinski definition) is 1. The zero-order chi connectivity index (χ0) is 17.1. The van der Waals surface area contributed by atoms with E-state index in [0.717, 1.165) is 29.2 Å². The number of ether oxygens (including phenoxy) is 1. The molecule has 1 fully saturated rings. The molecular formula is C17H24N4O3. The summed E-state index contributed by atoms with van der Waals surface area (Å²) in [4.78, 5) is 14.1. The van der Waals surface area contributed by atoms with Gasteiger partial charge >= 0.3 is 6.03 Å². The highest BCUT2D eigenvalue weighted by Gasteiger charge is 2.27. The molecule has 0 radical (unpaired) electrons. The normalized spacial score (nSPS) is 18.0. The van der Waals surface area contributed by atoms with Crippen LogP contribution in [0.2, 0.25) is 0 Å². The molecule has 0 aliphatic carbocycles. The summed E-state index contributed by atoms with van der Waals surface area (Å²) in [6, 6.07) is 3.76. The Labute approximate surface area is 141 Å². The lowest BCUT2D eigenvalue weighted by atomic mass is 10.2. The summed E-state index contributed by atoms with van der Waals surface area (Å²) in [6.45, 7) is 6.13. The van der Waals surface area contributed by atoms with Gasteiger partial charge in [-0.05, 0) is 38.0 Å². The van der Waals surface area contributed by atoms with Gasteiger partial charge in [0, 0.05) is 25.8 Å². The number of aryl methyl sites for hydroxylation is 2. The Balaban J connectivity index is 1.50. The molecular weight excluding hydrogens is 308 g/mol. The van der Waals surface area contributed by atoms with Crippen LogP contribution in [0.1, 0.15) is 28.9 Å². The predicted octanol–water partition coefficient (Wildman–Crippen LogP) is 1.96. The van der Waals surface area contributed by atoms with Gasteiger partial charge in [-0.3, -0.25) is 4.68 Å². The van der Waals surface area contributed by atoms with Gasteiger partial charge < -0.3 is 19.4 Å². The van der Waals surface area contributed by atoms with Gasteiger partial charge in [0.15, 0.2) is 0 Å². The summed E-state index contributed by atoms with van der Waals surface area (Å²) < 4.78 is 13.2. The van der Waals surface area contributed by atoms with Gasteiger partial charge in [0.05, 0.1) is 19.3 Å². The van der Waals surface area contributed by atoms with Crippen molar-refractivity contribution in [3.05, 3.63) is 41.1 Å². The molecule has 0 aromatic carbocycles. The smallest absolute Gasteiger partial charge is 0.317 e. The van der Waals surface area contributed by atoms with E-state index in [1.165, 1.54) is 0 Å². The fourth-order valence-corrected chi connectivity index (χ4v) is 2.84. The Bertz CT molecular complexity index is 707. The molecule has 3 rings (SSSR count). The summed E-state index contributed by atoms with van der Waals surface area (Å²) in [7, 11) is 1.92. The van der Waals surface area contributed by atoms with E-state index in [9.17, 15) is 4.79 Å². The molecule has 0 bridgehead atoms. The molecule has 2 amide bonds. The number of amides is 2. The first-order valence-corrected chi connectivity index (χ1v) is 8.23. The largest absolute Gasteiger partial charge is 0.464 e. The SMILES string of the molecule is Cc1ccc(C2CN(C(=O)NCCc3cnn(C)c3C)CCO2)o1. The third kappa shape index (κ3) is 3.62. The number of aromatic nitrogens is 2. The lowest BCUT2D eigenvalue weighted by Crippen LogP contribution is -2.47. The minimum absolute atomic E-state index is 0.0619. The summed E-state index contributed by atoms with van der Waals surface area (Å²) in [6.07, 6.45) is 2.43. The molecule has 0 saturated carbocycles. The van der Waals surface area contributed by atoms with Crippen LogP contribution in [0.25, 0.3) is 0 Å². The van der Waals surface area contributed by atoms with Crippen molar-refractivity contribution in [1.82, 2.24) is 20.0 Å². The highest BCUT2D eigenvalue weighted by atomic mass is 16.5. The summed E-state index contributed by atoms with van der Waals surface area (Å²) in [5.74, 6) is 1.62. The quantitative estimate of drug-likeness (QED) is 0.929. The topological polar surface area (TPSA) is 72.5 Å². The Morgan fingerprint density at radius 3 is 2.92 bits per heavy atom. The molecule has 1 saturated heterocycles. The van der Waals surface area contributed by atoms with Gasteiger partial charge in [-0.2, -0.15) is 5.10 Å². The molecule has 7 nitrogen and oxygen atoms in total. The molecule has 1 aliphatic rings. The second kappa shape index (κ2) is 7.09. The van der Waals surface area contributed by atoms with Crippen LogP contribution >= 0.6 is 0 Å². The van der Waals surface area contributed by atoms with E-state index in [0.29, 0.717) is 26.2 Å². The second-order valence-corrected chi connectivity index (χ2v) is 6.11. The molecule has 1 atom stereocenters. The first kappa shape index (κ1) is 16.6. The molecule has 0 spiro atoms. The van der Waals surface area contributed by atoms with Crippen molar-refractivity contribution in [2.45, 2.75) is 26.4 Å². The van der Waals surface area contributed by atoms with E-state index >= 15 is 0 Å². The third-order valence-electron chi connectivity index (χ3n) is 4.44. The summed E-state index contributed by atoms with van der Waals surface area (Å²) >= 11 is 0. The van der Waals surface area contributed by atoms with E-state index in [-0.39, 0.29) is 12.1 Å². The Kier molecular flexibility index (Phi) is 4.89. The maximum absolute atomic E-state index is 12.4. The van der Waals surface area contributed by atoms with Gasteiger partial charge in [0.2, 0.25) is 0 Å². The lowest BCUT2D eigenvalue weighted by Gasteiger charge is -2.32. The van der Waals surface area contributed by atoms with Crippen molar-refractivity contribution in [1.29, 1.82) is 0 Å². The Morgan fingerprint density at radius 2 is 2.25 bits per heavy atom. The van der Waals surface area contributed by atoms with E-state index in [1.807, 2.05) is 43.9 Å². The average molecular weight is 332 g/mol. The second-order valence-electron chi connectivity index (χ2n) is 6.11. The van der Waals surface area contributed by atoms with Crippen molar-refractivity contribution in [3.8, 4) is 0 Å². The van der Waals surface area contributed by atoms with Crippen molar-refractivity contribution < 1.29 is 13.9 Å². The zero-order valence-corrected chi connectivity index (χ0v) is 14.4. The van der Waals surface area contributed by atoms with Crippen LogP contribution in [0.15, 0.2) is 22.7 Å². The number of urea groups is 1. The molecule has 1 N–H and O–H groups in total. The van der Waals surface area contributed by atoms with Crippen LogP contribution in [0.5, 0.6) is 0 Å². The number of hydrogen-bond acceptors (Lipinski definition) is 4. The van der Waals surface area contributed by atoms with Crippen LogP contribution in [0.4, 0.5) is 4.79 Å². The molecule has 7 heteroatoms. The van der Waals surface area contributed by atoms with Gasteiger partial charge in [-0.15, -0.1) is 0 Å². The fourth-order valence-electron chi connectivity index (χ4n) is 2.84. The monoisotopic (exact) mass is 332 g/mol. The molecule has 3 heterocycles. The molecule has 2 aromatic rings. The number of nitrogens with one attached hydrogen (secondary N) is 1. The molecule has 130 valence electrons. The molecule has 1 aliphatic heterocycles. The minimum atomic E-state index is -0.196. The molecule has 24 heavy (non-hydrogen) atoms. The number of morpholine rings is 1. The number of carbonyl (C=O) groups is 1. The standard InChI is InChI=1S/C17H24N4O3/c1-12-4-5-15(24-12)16-11-21(8-9-23-16)17(22)18-7-6-14-10-19-20(3)13(14)2/h4-5,10,16H,6-9,11H2,1-3H3,(H,18,22). The molecule has 1 unspecified atom stereocenters. The van der Waals surface area contributed by atoms with E-state index in [1.54, 1.807) is 4.90 Å². The van der Waals surface area contributed by atoms with Crippen molar-refractivity contribution >= 4 is 6.03 Å². The number of nitrogens with zero attached hydrogens (tertiary/aromatic N) is 3. The van der Waals surface area contributed by atoms with Crippen LogP contribution in [0.3, 0.4) is 0 Å². The average Bonchev–Trinajstić information content (AvgIpc) is 3.15. The van der Waals surface area contributed by atoms with Crippen LogP contribution in [-0.4, -0.2) is 47.0 Å². The van der Waals surface area contributed by atoms with Crippen LogP contribution in [-0.2, 0) is 18.2 Å². The fraction of sp³-hybridized carbons (Fsp3) is 0.529. The van der Waals surface area contributed by atoms with Gasteiger partial charge in [-0.1, -0.05) is 0 Å². The van der Waals surface area contributed by atoms with E-state index < -0.39 is 0 Å². The van der Waals surface area contributed by atoms with E-state index in [4.69, 9.17) is 9.15 Å². The maximum atomic E-state index is 12.4. The first-order chi connectivity index (χ1) is 11.5. The van der Waals surface area contributed by atoms with Crippen LogP contribution in [0, 0.1) is 13.8 Å². The Hall–Kier alpha value is -2.28. The van der Waals surface area contributed by atoms with E-state index in [2.05, 4.69) is 10.4 Å². The number of rotatable bonds is 4. The van der Waals surface area contributed by atoms with Crippen molar-refractivity contribution in [2.24, 2.45) is 7.05 Å². The predicted molar refractivity (Wildman–Crippen MR) is 88.8 cm³/mol. The summed E-state index contributed by atoms with van der Waals surface area (Å²) in [5, 5.41) is 7.19. The highest BCUT2D eigenvalue weighted by molar-refractivity contribution is 5.74. The maximum Gasteiger partial charge on any atom is 0.317 e. The highest BCUT2D eigenvalue weighted by Crippen LogP contribution is 2.24. The summed E-state index contributed by atoms with van der Waals surface area (Å²) in [5.41, 5.74) is 2.28. The van der Waals surface area contributed by atoms with Crippen molar-refractivity contribution in [2.75, 3.05) is 26.2 Å². The number of furan rings is 1. The first-order valence-electron chi connectivity index (χ1n) is 8.23. The van der Waals surface area contributed by atoms with Gasteiger partial charge in [0.1, 0.15) is 17.6 Å². The van der Waals surface area contributed by atoms with Crippen molar-refractivity contribution in [3.63, 3.8) is 0 Å². The third-order valence-corrected chi connectivity index (χ3v) is 4.44.